The molecule has 212 valence electrons. The zero-order valence-corrected chi connectivity index (χ0v) is 22.7. The number of fused-ring (bicyclic) bond motifs is 2. The van der Waals surface area contributed by atoms with Crippen molar-refractivity contribution in [3.05, 3.63) is 17.5 Å². The molecule has 3 N–H and O–H groups in total. The van der Waals surface area contributed by atoms with Gasteiger partial charge in [-0.3, -0.25) is 4.55 Å². The average Bonchev–Trinajstić information content (AvgIpc) is 3.28. The zero-order valence-electron chi connectivity index (χ0n) is 21.9. The van der Waals surface area contributed by atoms with Crippen LogP contribution in [0.15, 0.2) is 15.6 Å². The lowest BCUT2D eigenvalue weighted by Gasteiger charge is -2.28. The average molecular weight is 561 g/mol. The van der Waals surface area contributed by atoms with Crippen LogP contribution in [0.5, 0.6) is 0 Å². The molecule has 0 aromatic carbocycles. The van der Waals surface area contributed by atoms with Gasteiger partial charge in [0.25, 0.3) is 0 Å². The van der Waals surface area contributed by atoms with Crippen molar-refractivity contribution in [2.45, 2.75) is 84.2 Å². The molecule has 2 aliphatic heterocycles. The number of guanidine groups is 1. The Balaban J connectivity index is 1.80. The molecule has 1 aromatic rings. The second-order valence-corrected chi connectivity index (χ2v) is 11.7. The summed E-state index contributed by atoms with van der Waals surface area (Å²) in [4.78, 5) is 43.6. The molecule has 2 saturated heterocycles. The quantitative estimate of drug-likeness (QED) is 0.302. The van der Waals surface area contributed by atoms with E-state index in [0.29, 0.717) is 23.6 Å². The van der Waals surface area contributed by atoms with Crippen LogP contribution in [0.25, 0.3) is 0 Å². The SMILES string of the molecule is CC(C)(C)OC(=O)N=C(N)N(Cc1cc([C@@H]2CC[C@@H]3CN2C(=O)N3OS(=O)(=O)O)no1)C(=O)OC(C)(C)C. The Labute approximate surface area is 219 Å². The summed E-state index contributed by atoms with van der Waals surface area (Å²) >= 11 is 0. The number of amides is 4. The predicted octanol–water partition coefficient (Wildman–Crippen LogP) is 2.34. The second-order valence-electron chi connectivity index (χ2n) is 10.7. The molecular formula is C21H32N6O10S. The van der Waals surface area contributed by atoms with Crippen LogP contribution in [0.4, 0.5) is 14.4 Å². The normalized spacial score (nSPS) is 20.5. The molecule has 38 heavy (non-hydrogen) atoms. The van der Waals surface area contributed by atoms with Gasteiger partial charge >= 0.3 is 28.6 Å². The molecule has 0 spiro atoms. The van der Waals surface area contributed by atoms with Gasteiger partial charge in [-0.1, -0.05) is 5.16 Å². The minimum absolute atomic E-state index is 0.132. The number of hydrogen-bond acceptors (Lipinski definition) is 10. The Kier molecular flexibility index (Phi) is 7.95. The van der Waals surface area contributed by atoms with Crippen molar-refractivity contribution >= 4 is 34.6 Å². The summed E-state index contributed by atoms with van der Waals surface area (Å²) in [6.07, 6.45) is -1.16. The highest BCUT2D eigenvalue weighted by Gasteiger charge is 2.48. The lowest BCUT2D eigenvalue weighted by Crippen LogP contribution is -2.44. The molecule has 0 unspecified atom stereocenters. The van der Waals surface area contributed by atoms with E-state index in [1.165, 1.54) is 11.0 Å². The first-order valence-electron chi connectivity index (χ1n) is 11.6. The van der Waals surface area contributed by atoms with Crippen molar-refractivity contribution in [3.8, 4) is 0 Å². The van der Waals surface area contributed by atoms with Gasteiger partial charge in [-0.25, -0.2) is 19.3 Å². The molecule has 0 radical (unpaired) electrons. The van der Waals surface area contributed by atoms with Crippen molar-refractivity contribution in [2.24, 2.45) is 10.7 Å². The van der Waals surface area contributed by atoms with E-state index in [1.807, 2.05) is 0 Å². The summed E-state index contributed by atoms with van der Waals surface area (Å²) in [5, 5.41) is 4.62. The molecule has 0 aliphatic carbocycles. The van der Waals surface area contributed by atoms with E-state index in [1.54, 1.807) is 41.5 Å². The van der Waals surface area contributed by atoms with Gasteiger partial charge in [-0.15, -0.1) is 9.28 Å². The molecule has 2 aliphatic rings. The summed E-state index contributed by atoms with van der Waals surface area (Å²) in [6.45, 7) is 9.70. The van der Waals surface area contributed by atoms with E-state index in [2.05, 4.69) is 14.4 Å². The molecule has 4 amide bonds. The molecule has 0 saturated carbocycles. The Hall–Kier alpha value is -3.44. The minimum atomic E-state index is -4.88. The number of carbonyl (C=O) groups excluding carboxylic acids is 3. The third-order valence-corrected chi connectivity index (χ3v) is 5.57. The van der Waals surface area contributed by atoms with Gasteiger partial charge in [-0.05, 0) is 54.4 Å². The summed E-state index contributed by atoms with van der Waals surface area (Å²) in [5.74, 6) is -0.368. The standard InChI is InChI=1S/C21H32N6O10S/c1-20(2,3)34-17(28)23-16(22)26(19(30)35-21(4,5)6)11-13-9-14(24-36-13)15-8-7-12-10-25(15)18(29)27(12)37-38(31,32)33/h9,12,15H,7-8,10-11H2,1-6H3,(H2,22,23,28)(H,31,32,33)/t12-,15+/m1/s1. The van der Waals surface area contributed by atoms with Crippen LogP contribution >= 0.6 is 0 Å². The zero-order chi connectivity index (χ0) is 28.6. The van der Waals surface area contributed by atoms with Crippen molar-refractivity contribution < 1.29 is 45.6 Å². The summed E-state index contributed by atoms with van der Waals surface area (Å²) in [7, 11) is -4.88. The smallest absolute Gasteiger partial charge is 0.437 e. The number of ether oxygens (including phenoxy) is 2. The van der Waals surface area contributed by atoms with Crippen molar-refractivity contribution in [2.75, 3.05) is 6.54 Å². The van der Waals surface area contributed by atoms with Gasteiger partial charge in [0, 0.05) is 12.6 Å². The largest absolute Gasteiger partial charge is 0.443 e. The Morgan fingerprint density at radius 2 is 1.84 bits per heavy atom. The number of carbonyl (C=O) groups is 3. The van der Waals surface area contributed by atoms with Crippen molar-refractivity contribution in [1.82, 2.24) is 20.0 Å². The molecular weight excluding hydrogens is 528 g/mol. The van der Waals surface area contributed by atoms with E-state index < -0.39 is 57.9 Å². The molecule has 16 nitrogen and oxygen atoms in total. The fourth-order valence-corrected chi connectivity index (χ4v) is 4.24. The van der Waals surface area contributed by atoms with Crippen molar-refractivity contribution in [3.63, 3.8) is 0 Å². The number of aromatic nitrogens is 1. The van der Waals surface area contributed by atoms with Gasteiger partial charge in [0.1, 0.15) is 16.9 Å². The van der Waals surface area contributed by atoms with Gasteiger partial charge in [0.15, 0.2) is 5.76 Å². The summed E-state index contributed by atoms with van der Waals surface area (Å²) in [5.41, 5.74) is 4.55. The monoisotopic (exact) mass is 560 g/mol. The highest BCUT2D eigenvalue weighted by Crippen LogP contribution is 2.38. The van der Waals surface area contributed by atoms with E-state index in [9.17, 15) is 22.8 Å². The van der Waals surface area contributed by atoms with Crippen LogP contribution < -0.4 is 5.73 Å². The third kappa shape index (κ3) is 7.55. The van der Waals surface area contributed by atoms with E-state index in [-0.39, 0.29) is 18.8 Å². The maximum absolute atomic E-state index is 12.9. The van der Waals surface area contributed by atoms with Gasteiger partial charge in [0.2, 0.25) is 5.96 Å². The molecule has 3 rings (SSSR count). The highest BCUT2D eigenvalue weighted by atomic mass is 32.3. The number of rotatable bonds is 5. The van der Waals surface area contributed by atoms with Gasteiger partial charge < -0.3 is 24.6 Å². The lowest BCUT2D eigenvalue weighted by atomic mass is 9.98. The fourth-order valence-electron chi connectivity index (χ4n) is 3.85. The Morgan fingerprint density at radius 1 is 1.21 bits per heavy atom. The van der Waals surface area contributed by atoms with Crippen molar-refractivity contribution in [1.29, 1.82) is 0 Å². The first-order chi connectivity index (χ1) is 17.3. The summed E-state index contributed by atoms with van der Waals surface area (Å²) < 4.78 is 51.5. The molecule has 17 heteroatoms. The van der Waals surface area contributed by atoms with Crippen LogP contribution in [0, 0.1) is 0 Å². The van der Waals surface area contributed by atoms with Gasteiger partial charge in [0.05, 0.1) is 18.6 Å². The first-order valence-corrected chi connectivity index (χ1v) is 13.0. The maximum Gasteiger partial charge on any atom is 0.437 e. The Bertz CT molecular complexity index is 1220. The van der Waals surface area contributed by atoms with E-state index in [0.717, 1.165) is 4.90 Å². The molecule has 2 bridgehead atoms. The van der Waals surface area contributed by atoms with Crippen LogP contribution in [0.1, 0.15) is 71.9 Å². The van der Waals surface area contributed by atoms with Crippen LogP contribution in [-0.2, 0) is 30.7 Å². The third-order valence-electron chi connectivity index (χ3n) is 5.22. The molecule has 3 heterocycles. The number of aliphatic imine (C=N–C) groups is 1. The van der Waals surface area contributed by atoms with E-state index >= 15 is 0 Å². The highest BCUT2D eigenvalue weighted by molar-refractivity contribution is 7.80. The number of hydrogen-bond donors (Lipinski definition) is 2. The number of urea groups is 1. The van der Waals surface area contributed by atoms with Crippen LogP contribution in [0.3, 0.4) is 0 Å². The maximum atomic E-state index is 12.9. The molecule has 2 atom stereocenters. The number of piperidine rings is 1. The molecule has 2 fully saturated rings. The minimum Gasteiger partial charge on any atom is -0.443 e. The van der Waals surface area contributed by atoms with Gasteiger partial charge in [-0.2, -0.15) is 13.5 Å². The first kappa shape index (κ1) is 29.1. The fraction of sp³-hybridized carbons (Fsp3) is 0.667. The van der Waals surface area contributed by atoms with Crippen LogP contribution in [0.2, 0.25) is 0 Å². The summed E-state index contributed by atoms with van der Waals surface area (Å²) in [6, 6.07) is -0.431. The topological polar surface area (TPSA) is 207 Å². The number of nitrogens with two attached hydrogens (primary N) is 1. The lowest BCUT2D eigenvalue weighted by molar-refractivity contribution is -0.0317. The second kappa shape index (κ2) is 10.4. The van der Waals surface area contributed by atoms with Crippen LogP contribution in [-0.4, -0.2) is 81.0 Å². The Morgan fingerprint density at radius 3 is 2.42 bits per heavy atom. The molecule has 1 aromatic heterocycles. The number of hydroxylamine groups is 2. The predicted molar refractivity (Wildman–Crippen MR) is 128 cm³/mol. The number of nitrogens with zero attached hydrogens (tertiary/aromatic N) is 5. The van der Waals surface area contributed by atoms with E-state index in [4.69, 9.17) is 24.3 Å².